The number of amides is 1. The molecule has 1 atom stereocenters. The lowest BCUT2D eigenvalue weighted by Gasteiger charge is -2.20. The van der Waals surface area contributed by atoms with E-state index in [0.717, 1.165) is 22.6 Å². The van der Waals surface area contributed by atoms with Gasteiger partial charge in [0.2, 0.25) is 5.91 Å². The van der Waals surface area contributed by atoms with Crippen LogP contribution in [0.4, 0.5) is 0 Å². The number of aryl methyl sites for hydroxylation is 1. The molecule has 0 spiro atoms. The summed E-state index contributed by atoms with van der Waals surface area (Å²) in [5.74, 6) is 1.59. The molecule has 0 fully saturated rings. The first-order chi connectivity index (χ1) is 12.3. The fourth-order valence-electron chi connectivity index (χ4n) is 2.73. The summed E-state index contributed by atoms with van der Waals surface area (Å²) in [7, 11) is 1.64. The molecule has 2 aromatic carbocycles. The Kier molecular flexibility index (Phi) is 5.52. The van der Waals surface area contributed by atoms with Crippen LogP contribution < -0.4 is 10.1 Å². The van der Waals surface area contributed by atoms with Gasteiger partial charge in [-0.2, -0.15) is 0 Å². The Morgan fingerprint density at radius 2 is 1.72 bits per heavy atom. The van der Waals surface area contributed by atoms with Gasteiger partial charge in [0.05, 0.1) is 19.4 Å². The third-order valence-corrected chi connectivity index (χ3v) is 4.07. The maximum absolute atomic E-state index is 12.4. The highest BCUT2D eigenvalue weighted by molar-refractivity contribution is 5.77. The third kappa shape index (κ3) is 4.51. The molecule has 1 aromatic heterocycles. The van der Waals surface area contributed by atoms with Gasteiger partial charge in [0.25, 0.3) is 0 Å². The molecule has 1 N–H and O–H groups in total. The Morgan fingerprint density at radius 3 is 2.36 bits per heavy atom. The zero-order chi connectivity index (χ0) is 17.5. The Balaban J connectivity index is 1.75. The van der Waals surface area contributed by atoms with E-state index in [1.165, 1.54) is 0 Å². The summed E-state index contributed by atoms with van der Waals surface area (Å²) in [4.78, 5) is 12.4. The molecule has 25 heavy (non-hydrogen) atoms. The number of furan rings is 1. The van der Waals surface area contributed by atoms with Crippen LogP contribution in [0.5, 0.6) is 5.75 Å². The average molecular weight is 335 g/mol. The molecule has 4 heteroatoms. The number of benzene rings is 2. The molecule has 1 amide bonds. The lowest BCUT2D eigenvalue weighted by molar-refractivity contribution is -0.121. The van der Waals surface area contributed by atoms with Crippen molar-refractivity contribution < 1.29 is 13.9 Å². The predicted molar refractivity (Wildman–Crippen MR) is 96.5 cm³/mol. The van der Waals surface area contributed by atoms with Gasteiger partial charge in [0.1, 0.15) is 11.5 Å². The molecule has 3 aromatic rings. The highest BCUT2D eigenvalue weighted by Gasteiger charge is 2.17. The molecule has 128 valence electrons. The summed E-state index contributed by atoms with van der Waals surface area (Å²) in [5.41, 5.74) is 2.05. The normalized spacial score (nSPS) is 11.7. The van der Waals surface area contributed by atoms with E-state index in [0.29, 0.717) is 12.8 Å². The van der Waals surface area contributed by atoms with Gasteiger partial charge in [-0.25, -0.2) is 0 Å². The Hall–Kier alpha value is -3.01. The SMILES string of the molecule is COc1ccc(C(NC(=O)CCc2ccco2)c2ccccc2)cc1. The van der Waals surface area contributed by atoms with Gasteiger partial charge < -0.3 is 14.5 Å². The van der Waals surface area contributed by atoms with Crippen LogP contribution in [0, 0.1) is 0 Å². The standard InChI is InChI=1S/C21H21NO3/c1-24-18-11-9-17(10-12-18)21(16-6-3-2-4-7-16)22-20(23)14-13-19-8-5-15-25-19/h2-12,15,21H,13-14H2,1H3,(H,22,23). The second kappa shape index (κ2) is 8.20. The van der Waals surface area contributed by atoms with Crippen LogP contribution in [-0.2, 0) is 11.2 Å². The van der Waals surface area contributed by atoms with E-state index in [9.17, 15) is 4.79 Å². The molecule has 1 unspecified atom stereocenters. The van der Waals surface area contributed by atoms with Crippen molar-refractivity contribution in [2.45, 2.75) is 18.9 Å². The second-order valence-corrected chi connectivity index (χ2v) is 5.76. The van der Waals surface area contributed by atoms with Gasteiger partial charge in [0.15, 0.2) is 0 Å². The Morgan fingerprint density at radius 1 is 1.00 bits per heavy atom. The quantitative estimate of drug-likeness (QED) is 0.706. The van der Waals surface area contributed by atoms with E-state index in [2.05, 4.69) is 5.32 Å². The fourth-order valence-corrected chi connectivity index (χ4v) is 2.73. The predicted octanol–water partition coefficient (Wildman–Crippen LogP) is 4.13. The summed E-state index contributed by atoms with van der Waals surface area (Å²) < 4.78 is 10.5. The number of hydrogen-bond donors (Lipinski definition) is 1. The molecule has 0 aliphatic carbocycles. The van der Waals surface area contributed by atoms with E-state index in [1.807, 2.05) is 66.7 Å². The smallest absolute Gasteiger partial charge is 0.221 e. The molecule has 0 aliphatic heterocycles. The number of rotatable bonds is 7. The van der Waals surface area contributed by atoms with E-state index >= 15 is 0 Å². The van der Waals surface area contributed by atoms with Crippen molar-refractivity contribution in [3.8, 4) is 5.75 Å². The zero-order valence-corrected chi connectivity index (χ0v) is 14.1. The summed E-state index contributed by atoms with van der Waals surface area (Å²) in [6, 6.07) is 21.2. The van der Waals surface area contributed by atoms with Crippen LogP contribution >= 0.6 is 0 Å². The van der Waals surface area contributed by atoms with Crippen molar-refractivity contribution in [1.29, 1.82) is 0 Å². The lowest BCUT2D eigenvalue weighted by atomic mass is 9.98. The summed E-state index contributed by atoms with van der Waals surface area (Å²) >= 11 is 0. The monoisotopic (exact) mass is 335 g/mol. The first-order valence-electron chi connectivity index (χ1n) is 8.27. The van der Waals surface area contributed by atoms with Gasteiger partial charge in [-0.15, -0.1) is 0 Å². The molecule has 3 rings (SSSR count). The number of ether oxygens (including phenoxy) is 1. The molecule has 0 bridgehead atoms. The summed E-state index contributed by atoms with van der Waals surface area (Å²) in [5, 5.41) is 3.13. The number of nitrogens with one attached hydrogen (secondary N) is 1. The van der Waals surface area contributed by atoms with E-state index in [1.54, 1.807) is 13.4 Å². The molecule has 1 heterocycles. The minimum atomic E-state index is -0.198. The molecule has 0 saturated carbocycles. The van der Waals surface area contributed by atoms with Gasteiger partial charge in [-0.1, -0.05) is 42.5 Å². The summed E-state index contributed by atoms with van der Waals surface area (Å²) in [6.07, 6.45) is 2.59. The number of hydrogen-bond acceptors (Lipinski definition) is 3. The maximum atomic E-state index is 12.4. The van der Waals surface area contributed by atoms with Crippen molar-refractivity contribution >= 4 is 5.91 Å². The largest absolute Gasteiger partial charge is 0.497 e. The minimum absolute atomic E-state index is 0.0129. The van der Waals surface area contributed by atoms with Gasteiger partial charge in [-0.05, 0) is 35.4 Å². The molecule has 0 saturated heterocycles. The first kappa shape index (κ1) is 16.8. The maximum Gasteiger partial charge on any atom is 0.221 e. The van der Waals surface area contributed by atoms with Crippen LogP contribution in [0.25, 0.3) is 0 Å². The molecular formula is C21H21NO3. The zero-order valence-electron chi connectivity index (χ0n) is 14.1. The highest BCUT2D eigenvalue weighted by Crippen LogP contribution is 2.24. The van der Waals surface area contributed by atoms with Crippen LogP contribution in [0.3, 0.4) is 0 Å². The van der Waals surface area contributed by atoms with E-state index in [4.69, 9.17) is 9.15 Å². The summed E-state index contributed by atoms with van der Waals surface area (Å²) in [6.45, 7) is 0. The topological polar surface area (TPSA) is 51.5 Å². The van der Waals surface area contributed by atoms with Gasteiger partial charge >= 0.3 is 0 Å². The van der Waals surface area contributed by atoms with Crippen LogP contribution in [0.15, 0.2) is 77.4 Å². The van der Waals surface area contributed by atoms with E-state index in [-0.39, 0.29) is 11.9 Å². The Bertz CT molecular complexity index is 780. The van der Waals surface area contributed by atoms with Crippen LogP contribution in [0.1, 0.15) is 29.3 Å². The number of carbonyl (C=O) groups is 1. The van der Waals surface area contributed by atoms with E-state index < -0.39 is 0 Å². The highest BCUT2D eigenvalue weighted by atomic mass is 16.5. The van der Waals surface area contributed by atoms with Gasteiger partial charge in [-0.3, -0.25) is 4.79 Å². The second-order valence-electron chi connectivity index (χ2n) is 5.76. The fraction of sp³-hybridized carbons (Fsp3) is 0.190. The van der Waals surface area contributed by atoms with Crippen molar-refractivity contribution in [1.82, 2.24) is 5.32 Å². The molecule has 0 aliphatic rings. The Labute approximate surface area is 147 Å². The molecule has 4 nitrogen and oxygen atoms in total. The third-order valence-electron chi connectivity index (χ3n) is 4.07. The van der Waals surface area contributed by atoms with Crippen molar-refractivity contribution in [3.05, 3.63) is 89.9 Å². The molecule has 0 radical (unpaired) electrons. The first-order valence-corrected chi connectivity index (χ1v) is 8.27. The number of carbonyl (C=O) groups excluding carboxylic acids is 1. The van der Waals surface area contributed by atoms with Gasteiger partial charge in [0, 0.05) is 12.8 Å². The minimum Gasteiger partial charge on any atom is -0.497 e. The number of methoxy groups -OCH3 is 1. The van der Waals surface area contributed by atoms with Crippen molar-refractivity contribution in [2.75, 3.05) is 7.11 Å². The average Bonchev–Trinajstić information content (AvgIpc) is 3.19. The molecular weight excluding hydrogens is 314 g/mol. The van der Waals surface area contributed by atoms with Crippen LogP contribution in [0.2, 0.25) is 0 Å². The van der Waals surface area contributed by atoms with Crippen molar-refractivity contribution in [3.63, 3.8) is 0 Å². The van der Waals surface area contributed by atoms with Crippen molar-refractivity contribution in [2.24, 2.45) is 0 Å². The van der Waals surface area contributed by atoms with Crippen LogP contribution in [-0.4, -0.2) is 13.0 Å². The lowest BCUT2D eigenvalue weighted by Crippen LogP contribution is -2.29.